The zero-order chi connectivity index (χ0) is 18.1. The highest BCUT2D eigenvalue weighted by atomic mass is 19.2. The smallest absolute Gasteiger partial charge is 0.194 e. The maximum Gasteiger partial charge on any atom is 0.194 e. The zero-order valence-corrected chi connectivity index (χ0v) is 14.6. The summed E-state index contributed by atoms with van der Waals surface area (Å²) in [6.07, 6.45) is 7.12. The Morgan fingerprint density at radius 2 is 1.65 bits per heavy atom. The lowest BCUT2D eigenvalue weighted by atomic mass is 9.83. The first-order valence-electron chi connectivity index (χ1n) is 9.23. The molecule has 0 N–H and O–H groups in total. The summed E-state index contributed by atoms with van der Waals surface area (Å²) in [4.78, 5) is 2.55. The Kier molecular flexibility index (Phi) is 4.86. The Bertz CT molecular complexity index is 792. The van der Waals surface area contributed by atoms with Gasteiger partial charge in [-0.3, -0.25) is 4.90 Å². The zero-order valence-electron chi connectivity index (χ0n) is 14.6. The lowest BCUT2D eigenvalue weighted by molar-refractivity contribution is 0.0880. The molecule has 2 atom stereocenters. The Morgan fingerprint density at radius 1 is 0.923 bits per heavy atom. The number of hydrogen-bond donors (Lipinski definition) is 0. The Morgan fingerprint density at radius 3 is 2.35 bits per heavy atom. The molecule has 0 aromatic heterocycles. The summed E-state index contributed by atoms with van der Waals surface area (Å²) >= 11 is 0. The normalized spacial score (nSPS) is 23.0. The second kappa shape index (κ2) is 7.28. The number of nitrogens with zero attached hydrogens (tertiary/aromatic N) is 1. The van der Waals surface area contributed by atoms with Crippen LogP contribution in [-0.4, -0.2) is 17.0 Å². The molecule has 1 nitrogen and oxygen atoms in total. The van der Waals surface area contributed by atoms with Gasteiger partial charge in [0.15, 0.2) is 17.5 Å². The fraction of sp³-hybridized carbons (Fsp3) is 0.364. The molecule has 4 heteroatoms. The monoisotopic (exact) mass is 357 g/mol. The fourth-order valence-corrected chi connectivity index (χ4v) is 4.35. The Balaban J connectivity index is 1.53. The molecule has 4 rings (SSSR count). The van der Waals surface area contributed by atoms with Crippen LogP contribution < -0.4 is 0 Å². The van der Waals surface area contributed by atoms with Crippen LogP contribution in [0.3, 0.4) is 0 Å². The van der Waals surface area contributed by atoms with E-state index in [0.717, 1.165) is 37.9 Å². The summed E-state index contributed by atoms with van der Waals surface area (Å²) in [5.41, 5.74) is 3.01. The van der Waals surface area contributed by atoms with E-state index in [1.807, 2.05) is 6.07 Å². The van der Waals surface area contributed by atoms with Crippen LogP contribution in [-0.2, 0) is 13.0 Å². The van der Waals surface area contributed by atoms with Gasteiger partial charge >= 0.3 is 0 Å². The van der Waals surface area contributed by atoms with Gasteiger partial charge in [0.25, 0.3) is 0 Å². The van der Waals surface area contributed by atoms with E-state index in [9.17, 15) is 13.2 Å². The third-order valence-corrected chi connectivity index (χ3v) is 5.54. The molecule has 2 aliphatic rings. The summed E-state index contributed by atoms with van der Waals surface area (Å²) in [5, 5.41) is 0. The third kappa shape index (κ3) is 3.56. The summed E-state index contributed by atoms with van der Waals surface area (Å²) in [6.45, 7) is 0.930. The van der Waals surface area contributed by atoms with Crippen LogP contribution in [0.5, 0.6) is 0 Å². The molecule has 136 valence electrons. The van der Waals surface area contributed by atoms with Crippen molar-refractivity contribution in [3.05, 3.63) is 82.7 Å². The van der Waals surface area contributed by atoms with E-state index in [1.54, 1.807) is 0 Å². The van der Waals surface area contributed by atoms with E-state index in [2.05, 4.69) is 35.2 Å². The highest BCUT2D eigenvalue weighted by molar-refractivity contribution is 5.28. The topological polar surface area (TPSA) is 3.24 Å². The van der Waals surface area contributed by atoms with Crippen LogP contribution in [0.15, 0.2) is 54.1 Å². The number of piperidine rings is 1. The van der Waals surface area contributed by atoms with Crippen molar-refractivity contribution in [1.29, 1.82) is 0 Å². The number of rotatable bonds is 4. The van der Waals surface area contributed by atoms with Gasteiger partial charge in [0.2, 0.25) is 0 Å². The van der Waals surface area contributed by atoms with Crippen molar-refractivity contribution in [2.45, 2.75) is 50.7 Å². The largest absolute Gasteiger partial charge is 0.289 e. The van der Waals surface area contributed by atoms with E-state index in [1.165, 1.54) is 17.6 Å². The van der Waals surface area contributed by atoms with Crippen molar-refractivity contribution < 1.29 is 13.2 Å². The van der Waals surface area contributed by atoms with Gasteiger partial charge in [0.05, 0.1) is 0 Å². The third-order valence-electron chi connectivity index (χ3n) is 5.54. The molecule has 0 radical (unpaired) electrons. The molecule has 2 aromatic carbocycles. The fourth-order valence-electron chi connectivity index (χ4n) is 4.35. The first kappa shape index (κ1) is 17.3. The number of halogens is 3. The molecule has 2 heterocycles. The van der Waals surface area contributed by atoms with Crippen molar-refractivity contribution >= 4 is 0 Å². The van der Waals surface area contributed by atoms with Gasteiger partial charge in [-0.2, -0.15) is 0 Å². The molecule has 2 bridgehead atoms. The highest BCUT2D eigenvalue weighted by Gasteiger charge is 2.33. The minimum Gasteiger partial charge on any atom is -0.289 e. The molecule has 0 saturated carbocycles. The molecule has 0 aliphatic carbocycles. The Labute approximate surface area is 152 Å². The van der Waals surface area contributed by atoms with Crippen molar-refractivity contribution in [2.24, 2.45) is 0 Å². The average molecular weight is 357 g/mol. The molecular weight excluding hydrogens is 335 g/mol. The summed E-state index contributed by atoms with van der Waals surface area (Å²) in [7, 11) is 0. The lowest BCUT2D eigenvalue weighted by Gasteiger charge is -2.45. The van der Waals surface area contributed by atoms with Crippen molar-refractivity contribution in [1.82, 2.24) is 4.90 Å². The van der Waals surface area contributed by atoms with Crippen LogP contribution in [0.4, 0.5) is 13.2 Å². The molecule has 0 spiro atoms. The van der Waals surface area contributed by atoms with Crippen LogP contribution in [0, 0.1) is 17.5 Å². The van der Waals surface area contributed by atoms with E-state index in [4.69, 9.17) is 0 Å². The van der Waals surface area contributed by atoms with Crippen molar-refractivity contribution in [3.63, 3.8) is 0 Å². The molecular formula is C22H22F3N. The summed E-state index contributed by atoms with van der Waals surface area (Å²) < 4.78 is 40.1. The van der Waals surface area contributed by atoms with Gasteiger partial charge in [0.1, 0.15) is 0 Å². The molecule has 1 saturated heterocycles. The second-order valence-corrected chi connectivity index (χ2v) is 7.39. The Hall–Kier alpha value is -2.07. The minimum absolute atomic E-state index is 0.368. The molecule has 0 amide bonds. The first-order valence-corrected chi connectivity index (χ1v) is 9.23. The minimum atomic E-state index is -1.39. The summed E-state index contributed by atoms with van der Waals surface area (Å²) in [5.74, 6) is -3.61. The molecule has 2 aliphatic heterocycles. The van der Waals surface area contributed by atoms with Gasteiger partial charge in [0, 0.05) is 18.6 Å². The van der Waals surface area contributed by atoms with Gasteiger partial charge in [-0.25, -0.2) is 13.2 Å². The number of benzene rings is 2. The first-order chi connectivity index (χ1) is 12.6. The quantitative estimate of drug-likeness (QED) is 0.523. The molecule has 2 unspecified atom stereocenters. The average Bonchev–Trinajstić information content (AvgIpc) is 2.61. The SMILES string of the molecule is Fc1cc(CC2=CC3CCCC(C2)N3Cc2ccccc2)cc(F)c1F. The van der Waals surface area contributed by atoms with Crippen LogP contribution in [0.2, 0.25) is 0 Å². The molecule has 26 heavy (non-hydrogen) atoms. The van der Waals surface area contributed by atoms with Gasteiger partial charge in [-0.05, 0) is 48.9 Å². The van der Waals surface area contributed by atoms with Crippen LogP contribution in [0.1, 0.15) is 36.8 Å². The van der Waals surface area contributed by atoms with Gasteiger partial charge in [-0.1, -0.05) is 48.4 Å². The van der Waals surface area contributed by atoms with E-state index >= 15 is 0 Å². The van der Waals surface area contributed by atoms with Crippen LogP contribution in [0.25, 0.3) is 0 Å². The maximum absolute atomic E-state index is 13.5. The second-order valence-electron chi connectivity index (χ2n) is 7.39. The number of fused-ring (bicyclic) bond motifs is 2. The van der Waals surface area contributed by atoms with E-state index in [0.29, 0.717) is 24.1 Å². The summed E-state index contributed by atoms with van der Waals surface area (Å²) in [6, 6.07) is 13.5. The van der Waals surface area contributed by atoms with E-state index in [-0.39, 0.29) is 0 Å². The molecule has 2 aromatic rings. The van der Waals surface area contributed by atoms with E-state index < -0.39 is 17.5 Å². The number of hydrogen-bond acceptors (Lipinski definition) is 1. The van der Waals surface area contributed by atoms with Crippen LogP contribution >= 0.6 is 0 Å². The highest BCUT2D eigenvalue weighted by Crippen LogP contribution is 2.35. The van der Waals surface area contributed by atoms with Crippen molar-refractivity contribution in [3.8, 4) is 0 Å². The maximum atomic E-state index is 13.5. The van der Waals surface area contributed by atoms with Crippen molar-refractivity contribution in [2.75, 3.05) is 0 Å². The molecule has 1 fully saturated rings. The predicted octanol–water partition coefficient (Wildman–Crippen LogP) is 5.40. The van der Waals surface area contributed by atoms with Gasteiger partial charge in [-0.15, -0.1) is 0 Å². The predicted molar refractivity (Wildman–Crippen MR) is 96.1 cm³/mol. The standard InChI is InChI=1S/C22H22F3N/c23-20-12-17(13-21(24)22(20)25)9-16-10-18-7-4-8-19(11-16)26(18)14-15-5-2-1-3-6-15/h1-3,5-6,10,12-13,18-19H,4,7-9,11,14H2. The van der Waals surface area contributed by atoms with Gasteiger partial charge < -0.3 is 0 Å². The lowest BCUT2D eigenvalue weighted by Crippen LogP contribution is -2.48.